The van der Waals surface area contributed by atoms with Gasteiger partial charge in [0.2, 0.25) is 5.91 Å². The Balaban J connectivity index is 1.77. The number of aromatic nitrogens is 3. The lowest BCUT2D eigenvalue weighted by atomic mass is 10.2. The van der Waals surface area contributed by atoms with Crippen LogP contribution in [0.3, 0.4) is 0 Å². The van der Waals surface area contributed by atoms with Crippen LogP contribution in [0.5, 0.6) is 0 Å². The van der Waals surface area contributed by atoms with E-state index in [0.29, 0.717) is 10.2 Å². The molecule has 0 spiro atoms. The summed E-state index contributed by atoms with van der Waals surface area (Å²) in [6.07, 6.45) is 0. The highest BCUT2D eigenvalue weighted by Gasteiger charge is 2.20. The smallest absolute Gasteiger partial charge is 0.237 e. The molecular weight excluding hydrogens is 368 g/mol. The molecule has 2 aromatic carbocycles. The Kier molecular flexibility index (Phi) is 5.64. The summed E-state index contributed by atoms with van der Waals surface area (Å²) in [5, 5.41) is 12.2. The van der Waals surface area contributed by atoms with Crippen LogP contribution >= 0.6 is 23.4 Å². The van der Waals surface area contributed by atoms with Gasteiger partial charge >= 0.3 is 0 Å². The molecule has 134 valence electrons. The van der Waals surface area contributed by atoms with Gasteiger partial charge in [-0.15, -0.1) is 10.2 Å². The molecule has 0 saturated heterocycles. The molecule has 5 nitrogen and oxygen atoms in total. The fourth-order valence-corrected chi connectivity index (χ4v) is 3.55. The van der Waals surface area contributed by atoms with Crippen molar-refractivity contribution in [3.8, 4) is 5.69 Å². The number of benzene rings is 2. The van der Waals surface area contributed by atoms with Crippen LogP contribution in [0.1, 0.15) is 18.3 Å². The lowest BCUT2D eigenvalue weighted by molar-refractivity contribution is -0.115. The highest BCUT2D eigenvalue weighted by Crippen LogP contribution is 2.27. The monoisotopic (exact) mass is 386 g/mol. The molecule has 0 radical (unpaired) electrons. The number of thioether (sulfide) groups is 1. The Morgan fingerprint density at radius 3 is 2.62 bits per heavy atom. The molecule has 1 heterocycles. The molecule has 1 amide bonds. The molecule has 0 fully saturated rings. The van der Waals surface area contributed by atoms with Crippen molar-refractivity contribution in [2.45, 2.75) is 31.2 Å². The van der Waals surface area contributed by atoms with Crippen molar-refractivity contribution >= 4 is 35.0 Å². The highest BCUT2D eigenvalue weighted by molar-refractivity contribution is 8.00. The second-order valence-corrected chi connectivity index (χ2v) is 7.65. The third-order valence-electron chi connectivity index (χ3n) is 3.92. The summed E-state index contributed by atoms with van der Waals surface area (Å²) >= 11 is 7.39. The summed E-state index contributed by atoms with van der Waals surface area (Å²) in [4.78, 5) is 12.6. The van der Waals surface area contributed by atoms with E-state index in [2.05, 4.69) is 15.5 Å². The van der Waals surface area contributed by atoms with Crippen molar-refractivity contribution < 1.29 is 4.79 Å². The highest BCUT2D eigenvalue weighted by atomic mass is 35.5. The Hall–Kier alpha value is -2.31. The first kappa shape index (κ1) is 18.5. The molecule has 0 aliphatic heterocycles. The molecule has 0 bridgehead atoms. The number of hydrogen-bond donors (Lipinski definition) is 1. The maximum Gasteiger partial charge on any atom is 0.237 e. The van der Waals surface area contributed by atoms with E-state index in [-0.39, 0.29) is 11.2 Å². The number of anilines is 1. The van der Waals surface area contributed by atoms with Gasteiger partial charge in [-0.05, 0) is 50.6 Å². The molecule has 0 unspecified atom stereocenters. The van der Waals surface area contributed by atoms with Crippen LogP contribution in [-0.4, -0.2) is 25.9 Å². The van der Waals surface area contributed by atoms with Crippen molar-refractivity contribution in [3.63, 3.8) is 0 Å². The van der Waals surface area contributed by atoms with Crippen LogP contribution in [0.2, 0.25) is 5.02 Å². The second kappa shape index (κ2) is 7.93. The molecule has 1 atom stereocenters. The maximum atomic E-state index is 12.6. The van der Waals surface area contributed by atoms with Gasteiger partial charge in [0.15, 0.2) is 5.16 Å². The molecule has 0 saturated carbocycles. The first-order valence-electron chi connectivity index (χ1n) is 8.17. The van der Waals surface area contributed by atoms with Gasteiger partial charge in [0, 0.05) is 16.4 Å². The van der Waals surface area contributed by atoms with Crippen LogP contribution in [0.15, 0.2) is 53.7 Å². The van der Waals surface area contributed by atoms with Crippen molar-refractivity contribution in [1.82, 2.24) is 14.8 Å². The minimum atomic E-state index is -0.348. The summed E-state index contributed by atoms with van der Waals surface area (Å²) in [6, 6.07) is 15.3. The lowest BCUT2D eigenvalue weighted by Gasteiger charge is -2.14. The molecular formula is C19H19ClN4OS. The van der Waals surface area contributed by atoms with Crippen LogP contribution in [0, 0.1) is 13.8 Å². The van der Waals surface area contributed by atoms with Crippen LogP contribution in [-0.2, 0) is 4.79 Å². The van der Waals surface area contributed by atoms with E-state index in [9.17, 15) is 4.79 Å². The average Bonchev–Trinajstić information content (AvgIpc) is 2.99. The number of hydrogen-bond acceptors (Lipinski definition) is 4. The summed E-state index contributed by atoms with van der Waals surface area (Å²) < 4.78 is 1.94. The number of rotatable bonds is 5. The number of aryl methyl sites for hydroxylation is 2. The van der Waals surface area contributed by atoms with E-state index in [1.807, 2.05) is 61.7 Å². The number of carbonyl (C=O) groups is 1. The van der Waals surface area contributed by atoms with E-state index in [1.54, 1.807) is 12.1 Å². The molecule has 26 heavy (non-hydrogen) atoms. The molecule has 1 aromatic heterocycles. The second-order valence-electron chi connectivity index (χ2n) is 5.91. The van der Waals surface area contributed by atoms with Crippen molar-refractivity contribution in [2.75, 3.05) is 5.32 Å². The predicted molar refractivity (Wildman–Crippen MR) is 106 cm³/mol. The van der Waals surface area contributed by atoms with E-state index < -0.39 is 0 Å². The molecule has 0 aliphatic rings. The lowest BCUT2D eigenvalue weighted by Crippen LogP contribution is -2.23. The summed E-state index contributed by atoms with van der Waals surface area (Å²) in [7, 11) is 0. The van der Waals surface area contributed by atoms with Crippen molar-refractivity contribution in [1.29, 1.82) is 0 Å². The average molecular weight is 387 g/mol. The largest absolute Gasteiger partial charge is 0.325 e. The van der Waals surface area contributed by atoms with E-state index in [4.69, 9.17) is 11.6 Å². The Labute approximate surface area is 161 Å². The normalized spacial score (nSPS) is 12.0. The first-order chi connectivity index (χ1) is 12.5. The van der Waals surface area contributed by atoms with Gasteiger partial charge in [-0.3, -0.25) is 9.36 Å². The summed E-state index contributed by atoms with van der Waals surface area (Å²) in [5.41, 5.74) is 2.65. The number of para-hydroxylation sites is 1. The number of carbonyl (C=O) groups excluding carboxylic acids is 1. The Morgan fingerprint density at radius 2 is 1.88 bits per heavy atom. The van der Waals surface area contributed by atoms with E-state index in [1.165, 1.54) is 11.8 Å². The van der Waals surface area contributed by atoms with Gasteiger partial charge in [0.05, 0.1) is 5.25 Å². The molecule has 7 heteroatoms. The fourth-order valence-electron chi connectivity index (χ4n) is 2.47. The zero-order valence-electron chi connectivity index (χ0n) is 14.7. The Bertz CT molecular complexity index is 927. The maximum absolute atomic E-state index is 12.6. The fraction of sp³-hybridized carbons (Fsp3) is 0.211. The minimum Gasteiger partial charge on any atom is -0.325 e. The van der Waals surface area contributed by atoms with Crippen LogP contribution in [0.4, 0.5) is 5.69 Å². The quantitative estimate of drug-likeness (QED) is 0.648. The number of halogens is 1. The van der Waals surface area contributed by atoms with Gasteiger partial charge in [-0.1, -0.05) is 47.6 Å². The molecule has 3 rings (SSSR count). The zero-order chi connectivity index (χ0) is 18.7. The van der Waals surface area contributed by atoms with Gasteiger partial charge in [-0.2, -0.15) is 0 Å². The SMILES string of the molecule is Cc1ccc(Cl)cc1NC(=O)[C@@H](C)Sc1nnc(C)n1-c1ccccc1. The van der Waals surface area contributed by atoms with Crippen LogP contribution < -0.4 is 5.32 Å². The van der Waals surface area contributed by atoms with Gasteiger partial charge in [0.1, 0.15) is 5.82 Å². The minimum absolute atomic E-state index is 0.111. The first-order valence-corrected chi connectivity index (χ1v) is 9.42. The van der Waals surface area contributed by atoms with E-state index in [0.717, 1.165) is 22.8 Å². The zero-order valence-corrected chi connectivity index (χ0v) is 16.3. The van der Waals surface area contributed by atoms with Gasteiger partial charge in [-0.25, -0.2) is 0 Å². The predicted octanol–water partition coefficient (Wildman–Crippen LogP) is 4.66. The summed E-state index contributed by atoms with van der Waals surface area (Å²) in [6.45, 7) is 5.67. The van der Waals surface area contributed by atoms with Crippen LogP contribution in [0.25, 0.3) is 5.69 Å². The number of nitrogens with one attached hydrogen (secondary N) is 1. The van der Waals surface area contributed by atoms with Crippen molar-refractivity contribution in [3.05, 3.63) is 64.9 Å². The van der Waals surface area contributed by atoms with E-state index >= 15 is 0 Å². The number of amides is 1. The Morgan fingerprint density at radius 1 is 1.15 bits per heavy atom. The van der Waals surface area contributed by atoms with Gasteiger partial charge < -0.3 is 5.32 Å². The summed E-state index contributed by atoms with van der Waals surface area (Å²) in [5.74, 6) is 0.664. The third-order valence-corrected chi connectivity index (χ3v) is 5.20. The van der Waals surface area contributed by atoms with Crippen molar-refractivity contribution in [2.24, 2.45) is 0 Å². The molecule has 0 aliphatic carbocycles. The topological polar surface area (TPSA) is 59.8 Å². The molecule has 1 N–H and O–H groups in total. The third kappa shape index (κ3) is 4.08. The molecule has 3 aromatic rings. The number of nitrogens with zero attached hydrogens (tertiary/aromatic N) is 3. The standard InChI is InChI=1S/C19H19ClN4OS/c1-12-9-10-15(20)11-17(12)21-18(25)13(2)26-19-23-22-14(3)24(19)16-7-5-4-6-8-16/h4-11,13H,1-3H3,(H,21,25)/t13-/m1/s1. The van der Waals surface area contributed by atoms with Gasteiger partial charge in [0.25, 0.3) is 0 Å².